The van der Waals surface area contributed by atoms with Gasteiger partial charge in [0.2, 0.25) is 0 Å². The van der Waals surface area contributed by atoms with Gasteiger partial charge in [-0.05, 0) is 29.1 Å². The van der Waals surface area contributed by atoms with E-state index in [1.807, 2.05) is 18.2 Å². The molecule has 23 heavy (non-hydrogen) atoms. The number of hydrogen-bond acceptors (Lipinski definition) is 5. The van der Waals surface area contributed by atoms with E-state index >= 15 is 0 Å². The summed E-state index contributed by atoms with van der Waals surface area (Å²) >= 11 is 1.76. The largest absolute Gasteiger partial charge is 0.504 e. The van der Waals surface area contributed by atoms with Crippen LogP contribution in [0.4, 0.5) is 0 Å². The minimum Gasteiger partial charge on any atom is -0.504 e. The average molecular weight is 377 g/mol. The van der Waals surface area contributed by atoms with Crippen LogP contribution in [0.5, 0.6) is 11.5 Å². The van der Waals surface area contributed by atoms with Crippen LogP contribution in [0.1, 0.15) is 16.5 Å². The summed E-state index contributed by atoms with van der Waals surface area (Å²) < 4.78 is 5.14. The van der Waals surface area contributed by atoms with Crippen LogP contribution in [0.15, 0.2) is 35.7 Å². The van der Waals surface area contributed by atoms with Gasteiger partial charge in [0.1, 0.15) is 0 Å². The first-order chi connectivity index (χ1) is 10.3. The Hall–Kier alpha value is -0.980. The Morgan fingerprint density at radius 3 is 2.52 bits per heavy atom. The number of aromatic hydroxyl groups is 1. The fourth-order valence-electron chi connectivity index (χ4n) is 2.82. The predicted octanol–water partition coefficient (Wildman–Crippen LogP) is 3.30. The van der Waals surface area contributed by atoms with Crippen molar-refractivity contribution in [3.63, 3.8) is 0 Å². The Morgan fingerprint density at radius 2 is 1.96 bits per heavy atom. The molecule has 0 aliphatic carbocycles. The molecule has 0 radical (unpaired) electrons. The molecule has 1 aromatic heterocycles. The number of phenolic OH excluding ortho intramolecular Hbond substituents is 1. The van der Waals surface area contributed by atoms with E-state index in [-0.39, 0.29) is 36.6 Å². The smallest absolute Gasteiger partial charge is 0.160 e. The zero-order chi connectivity index (χ0) is 14.7. The van der Waals surface area contributed by atoms with Gasteiger partial charge >= 0.3 is 0 Å². The number of nitrogens with one attached hydrogen (secondary N) is 1. The van der Waals surface area contributed by atoms with Crippen molar-refractivity contribution < 1.29 is 9.84 Å². The summed E-state index contributed by atoms with van der Waals surface area (Å²) in [5.74, 6) is 0.718. The van der Waals surface area contributed by atoms with E-state index in [9.17, 15) is 5.11 Å². The molecule has 0 saturated carbocycles. The van der Waals surface area contributed by atoms with Gasteiger partial charge in [0.25, 0.3) is 0 Å². The predicted molar refractivity (Wildman–Crippen MR) is 99.8 cm³/mol. The third kappa shape index (κ3) is 4.52. The minimum atomic E-state index is 0. The summed E-state index contributed by atoms with van der Waals surface area (Å²) in [6, 6.07) is 10.2. The van der Waals surface area contributed by atoms with Crippen molar-refractivity contribution in [2.45, 2.75) is 6.04 Å². The molecule has 0 amide bonds. The van der Waals surface area contributed by atoms with E-state index in [0.717, 1.165) is 31.7 Å². The molecule has 1 aliphatic heterocycles. The number of hydrogen-bond donors (Lipinski definition) is 2. The number of thiophene rings is 1. The highest BCUT2D eigenvalue weighted by molar-refractivity contribution is 7.10. The lowest BCUT2D eigenvalue weighted by molar-refractivity contribution is 0.200. The number of rotatable bonds is 4. The molecule has 1 atom stereocenters. The van der Waals surface area contributed by atoms with E-state index in [1.165, 1.54) is 4.88 Å². The molecule has 128 valence electrons. The molecule has 1 saturated heterocycles. The first-order valence-corrected chi connectivity index (χ1v) is 8.02. The number of methoxy groups -OCH3 is 1. The zero-order valence-corrected chi connectivity index (χ0v) is 15.3. The molecule has 1 aromatic carbocycles. The second-order valence-electron chi connectivity index (χ2n) is 5.14. The highest BCUT2D eigenvalue weighted by Gasteiger charge is 2.25. The van der Waals surface area contributed by atoms with E-state index in [0.29, 0.717) is 5.75 Å². The summed E-state index contributed by atoms with van der Waals surface area (Å²) in [5.41, 5.74) is 1.11. The van der Waals surface area contributed by atoms with Crippen molar-refractivity contribution in [3.8, 4) is 11.5 Å². The molecular weight excluding hydrogens is 355 g/mol. The summed E-state index contributed by atoms with van der Waals surface area (Å²) in [5, 5.41) is 15.6. The summed E-state index contributed by atoms with van der Waals surface area (Å²) in [6.45, 7) is 4.03. The Bertz CT molecular complexity index is 590. The number of phenols is 1. The highest BCUT2D eigenvalue weighted by Crippen LogP contribution is 2.36. The molecule has 0 bridgehead atoms. The van der Waals surface area contributed by atoms with Crippen LogP contribution in [-0.4, -0.2) is 43.3 Å². The number of halogens is 2. The molecule has 2 heterocycles. The maximum Gasteiger partial charge on any atom is 0.160 e. The normalized spacial score (nSPS) is 16.0. The van der Waals surface area contributed by atoms with Gasteiger partial charge in [-0.1, -0.05) is 12.1 Å². The lowest BCUT2D eigenvalue weighted by atomic mass is 10.0. The minimum absolute atomic E-state index is 0. The van der Waals surface area contributed by atoms with Crippen molar-refractivity contribution in [3.05, 3.63) is 46.2 Å². The second-order valence-corrected chi connectivity index (χ2v) is 6.11. The van der Waals surface area contributed by atoms with Crippen molar-refractivity contribution in [2.24, 2.45) is 0 Å². The first-order valence-electron chi connectivity index (χ1n) is 7.14. The van der Waals surface area contributed by atoms with Crippen molar-refractivity contribution >= 4 is 36.2 Å². The van der Waals surface area contributed by atoms with Crippen LogP contribution >= 0.6 is 36.2 Å². The fraction of sp³-hybridized carbons (Fsp3) is 0.375. The third-order valence-corrected chi connectivity index (χ3v) is 4.77. The molecule has 0 spiro atoms. The Balaban J connectivity index is 0.00000132. The lowest BCUT2D eigenvalue weighted by Gasteiger charge is -2.34. The van der Waals surface area contributed by atoms with Crippen LogP contribution < -0.4 is 10.1 Å². The van der Waals surface area contributed by atoms with Gasteiger partial charge < -0.3 is 15.2 Å². The van der Waals surface area contributed by atoms with Gasteiger partial charge in [-0.3, -0.25) is 4.90 Å². The van der Waals surface area contributed by atoms with Crippen LogP contribution in [0.3, 0.4) is 0 Å². The van der Waals surface area contributed by atoms with Crippen molar-refractivity contribution in [2.75, 3.05) is 33.3 Å². The van der Waals surface area contributed by atoms with Gasteiger partial charge in [-0.25, -0.2) is 0 Å². The number of nitrogens with zero attached hydrogens (tertiary/aromatic N) is 1. The van der Waals surface area contributed by atoms with Crippen LogP contribution in [0, 0.1) is 0 Å². The van der Waals surface area contributed by atoms with Crippen molar-refractivity contribution in [1.82, 2.24) is 10.2 Å². The average Bonchev–Trinajstić information content (AvgIpc) is 3.03. The van der Waals surface area contributed by atoms with Crippen molar-refractivity contribution in [1.29, 1.82) is 0 Å². The van der Waals surface area contributed by atoms with Gasteiger partial charge in [0, 0.05) is 31.1 Å². The molecule has 1 fully saturated rings. The van der Waals surface area contributed by atoms with Gasteiger partial charge in [-0.2, -0.15) is 0 Å². The molecule has 4 nitrogen and oxygen atoms in total. The van der Waals surface area contributed by atoms with E-state index in [4.69, 9.17) is 4.74 Å². The lowest BCUT2D eigenvalue weighted by Crippen LogP contribution is -2.45. The van der Waals surface area contributed by atoms with Gasteiger partial charge in [0.15, 0.2) is 11.5 Å². The van der Waals surface area contributed by atoms with Crippen LogP contribution in [-0.2, 0) is 0 Å². The Morgan fingerprint density at radius 1 is 1.22 bits per heavy atom. The highest BCUT2D eigenvalue weighted by atomic mass is 35.5. The summed E-state index contributed by atoms with van der Waals surface area (Å²) in [6.07, 6.45) is 0. The maximum atomic E-state index is 10.1. The molecule has 2 aromatic rings. The third-order valence-electron chi connectivity index (χ3n) is 3.85. The SMILES string of the molecule is COc1ccc([C@H](c2cccs2)N2CCNCC2)cc1O.Cl.Cl. The maximum absolute atomic E-state index is 10.1. The molecule has 0 unspecified atom stereocenters. The topological polar surface area (TPSA) is 44.7 Å². The Labute approximate surface area is 153 Å². The van der Waals surface area contributed by atoms with Crippen LogP contribution in [0.2, 0.25) is 0 Å². The quantitative estimate of drug-likeness (QED) is 0.858. The first kappa shape index (κ1) is 20.1. The van der Waals surface area contributed by atoms with E-state index in [1.54, 1.807) is 18.4 Å². The van der Waals surface area contributed by atoms with Crippen LogP contribution in [0.25, 0.3) is 0 Å². The van der Waals surface area contributed by atoms with Gasteiger partial charge in [0.05, 0.1) is 13.2 Å². The van der Waals surface area contributed by atoms with E-state index < -0.39 is 0 Å². The monoisotopic (exact) mass is 376 g/mol. The molecule has 3 rings (SSSR count). The van der Waals surface area contributed by atoms with Gasteiger partial charge in [-0.15, -0.1) is 36.2 Å². The Kier molecular flexibility index (Phi) is 8.16. The molecule has 7 heteroatoms. The standard InChI is InChI=1S/C16H20N2O2S.2ClH/c1-20-14-5-4-12(11-13(14)19)16(15-3-2-10-21-15)18-8-6-17-7-9-18;;/h2-5,10-11,16-17,19H,6-9H2,1H3;2*1H/t16-;;/m1../s1. The second kappa shape index (κ2) is 9.35. The number of piperazine rings is 1. The molecule has 2 N–H and O–H groups in total. The zero-order valence-electron chi connectivity index (χ0n) is 12.9. The summed E-state index contributed by atoms with van der Waals surface area (Å²) in [4.78, 5) is 3.77. The fourth-order valence-corrected chi connectivity index (χ4v) is 3.70. The van der Waals surface area contributed by atoms with E-state index in [2.05, 4.69) is 27.7 Å². The molecule has 1 aliphatic rings. The number of benzene rings is 1. The molecular formula is C16H22Cl2N2O2S. The number of ether oxygens (including phenoxy) is 1. The summed E-state index contributed by atoms with van der Waals surface area (Å²) in [7, 11) is 1.57.